The first-order chi connectivity index (χ1) is 16.4. The van der Waals surface area contributed by atoms with Crippen molar-refractivity contribution in [2.45, 2.75) is 82.3 Å². The molecule has 6 N–H and O–H groups in total. The number of nitrogens with one attached hydrogen (secondary N) is 2. The van der Waals surface area contributed by atoms with Crippen molar-refractivity contribution in [2.24, 2.45) is 16.5 Å². The Kier molecular flexibility index (Phi) is 7.50. The Morgan fingerprint density at radius 2 is 1.91 bits per heavy atom. The molecule has 1 aromatic heterocycles. The molecule has 2 aliphatic rings. The van der Waals surface area contributed by atoms with Gasteiger partial charge in [0.1, 0.15) is 5.82 Å². The molecule has 34 heavy (non-hydrogen) atoms. The molecule has 0 bridgehead atoms. The van der Waals surface area contributed by atoms with Crippen molar-refractivity contribution in [2.75, 3.05) is 19.0 Å². The highest BCUT2D eigenvalue weighted by atomic mass is 16.5. The molecule has 9 nitrogen and oxygen atoms in total. The highest BCUT2D eigenvalue weighted by molar-refractivity contribution is 5.97. The van der Waals surface area contributed by atoms with Crippen molar-refractivity contribution < 1.29 is 9.53 Å². The van der Waals surface area contributed by atoms with Crippen molar-refractivity contribution in [3.63, 3.8) is 0 Å². The number of rotatable bonds is 7. The third-order valence-electron chi connectivity index (χ3n) is 7.03. The van der Waals surface area contributed by atoms with Crippen LogP contribution in [0.25, 0.3) is 10.9 Å². The molecule has 2 atom stereocenters. The van der Waals surface area contributed by atoms with E-state index in [4.69, 9.17) is 21.2 Å². The Hall–Kier alpha value is -2.94. The number of amides is 1. The number of aromatic nitrogens is 2. The summed E-state index contributed by atoms with van der Waals surface area (Å²) in [5, 5.41) is 7.67. The van der Waals surface area contributed by atoms with Gasteiger partial charge in [-0.2, -0.15) is 0 Å². The SMILES string of the molecule is COCC1(NC(=O)c2nc(N[C@H]3CCCC[C@H]3N=C(N)N)c3cc(C)ccc3n2)CCCCC1. The summed E-state index contributed by atoms with van der Waals surface area (Å²) >= 11 is 0. The Labute approximate surface area is 201 Å². The van der Waals surface area contributed by atoms with Gasteiger partial charge in [0, 0.05) is 12.5 Å². The summed E-state index contributed by atoms with van der Waals surface area (Å²) in [5.41, 5.74) is 12.8. The van der Waals surface area contributed by atoms with Gasteiger partial charge >= 0.3 is 0 Å². The summed E-state index contributed by atoms with van der Waals surface area (Å²) in [4.78, 5) is 27.2. The molecule has 0 unspecified atom stereocenters. The van der Waals surface area contributed by atoms with Gasteiger partial charge in [0.25, 0.3) is 5.91 Å². The molecule has 9 heteroatoms. The van der Waals surface area contributed by atoms with Gasteiger partial charge in [-0.05, 0) is 44.7 Å². The Bertz CT molecular complexity index is 1040. The van der Waals surface area contributed by atoms with Crippen molar-refractivity contribution in [1.29, 1.82) is 0 Å². The van der Waals surface area contributed by atoms with E-state index in [0.29, 0.717) is 12.4 Å². The summed E-state index contributed by atoms with van der Waals surface area (Å²) < 4.78 is 5.47. The van der Waals surface area contributed by atoms with Crippen LogP contribution < -0.4 is 22.1 Å². The maximum absolute atomic E-state index is 13.4. The van der Waals surface area contributed by atoms with Crippen molar-refractivity contribution in [3.05, 3.63) is 29.6 Å². The lowest BCUT2D eigenvalue weighted by molar-refractivity contribution is 0.0631. The third kappa shape index (κ3) is 5.58. The average Bonchev–Trinajstić information content (AvgIpc) is 2.81. The summed E-state index contributed by atoms with van der Waals surface area (Å²) in [5.74, 6) is 0.632. The van der Waals surface area contributed by atoms with E-state index in [9.17, 15) is 4.79 Å². The van der Waals surface area contributed by atoms with Crippen LogP contribution in [0.2, 0.25) is 0 Å². The molecule has 2 aliphatic carbocycles. The lowest BCUT2D eigenvalue weighted by atomic mass is 9.82. The molecule has 1 heterocycles. The lowest BCUT2D eigenvalue weighted by Gasteiger charge is -2.37. The van der Waals surface area contributed by atoms with Crippen LogP contribution in [-0.4, -0.2) is 53.2 Å². The highest BCUT2D eigenvalue weighted by Crippen LogP contribution is 2.30. The van der Waals surface area contributed by atoms with Gasteiger partial charge in [-0.25, -0.2) is 15.0 Å². The van der Waals surface area contributed by atoms with Crippen molar-refractivity contribution in [1.82, 2.24) is 15.3 Å². The molecule has 1 amide bonds. The largest absolute Gasteiger partial charge is 0.382 e. The van der Waals surface area contributed by atoms with E-state index in [2.05, 4.69) is 20.6 Å². The Morgan fingerprint density at radius 1 is 1.15 bits per heavy atom. The van der Waals surface area contributed by atoms with Crippen molar-refractivity contribution >= 4 is 28.6 Å². The summed E-state index contributed by atoms with van der Waals surface area (Å²) in [6.07, 6.45) is 9.12. The third-order valence-corrected chi connectivity index (χ3v) is 7.03. The number of nitrogens with zero attached hydrogens (tertiary/aromatic N) is 3. The second-order valence-electron chi connectivity index (χ2n) is 9.80. The number of ether oxygens (including phenoxy) is 1. The highest BCUT2D eigenvalue weighted by Gasteiger charge is 2.35. The van der Waals surface area contributed by atoms with E-state index in [1.165, 1.54) is 6.42 Å². The van der Waals surface area contributed by atoms with Crippen LogP contribution in [0.1, 0.15) is 74.0 Å². The van der Waals surface area contributed by atoms with Crippen LogP contribution in [0, 0.1) is 6.92 Å². The number of methoxy groups -OCH3 is 1. The zero-order chi connectivity index (χ0) is 24.1. The molecule has 0 spiro atoms. The lowest BCUT2D eigenvalue weighted by Crippen LogP contribution is -2.53. The maximum Gasteiger partial charge on any atom is 0.289 e. The van der Waals surface area contributed by atoms with E-state index in [1.54, 1.807) is 7.11 Å². The second-order valence-corrected chi connectivity index (χ2v) is 9.80. The molecule has 2 saturated carbocycles. The molecule has 0 radical (unpaired) electrons. The van der Waals surface area contributed by atoms with Crippen molar-refractivity contribution in [3.8, 4) is 0 Å². The van der Waals surface area contributed by atoms with E-state index in [1.807, 2.05) is 25.1 Å². The van der Waals surface area contributed by atoms with Crippen LogP contribution in [0.4, 0.5) is 5.82 Å². The van der Waals surface area contributed by atoms with Gasteiger partial charge in [0.05, 0.1) is 29.7 Å². The van der Waals surface area contributed by atoms with E-state index < -0.39 is 0 Å². The second kappa shape index (κ2) is 10.5. The first kappa shape index (κ1) is 24.2. The predicted octanol–water partition coefficient (Wildman–Crippen LogP) is 3.01. The normalized spacial score (nSPS) is 22.2. The average molecular weight is 468 g/mol. The number of anilines is 1. The zero-order valence-electron chi connectivity index (χ0n) is 20.3. The number of hydrogen-bond donors (Lipinski definition) is 4. The fourth-order valence-electron chi connectivity index (χ4n) is 5.36. The smallest absolute Gasteiger partial charge is 0.289 e. The molecule has 0 saturated heterocycles. The number of nitrogens with two attached hydrogens (primary N) is 2. The number of aryl methyl sites for hydroxylation is 1. The molecule has 0 aliphatic heterocycles. The standard InChI is InChI=1S/C25H37N7O2/c1-16-10-11-18-17(14-16)21(29-19-8-4-5-9-20(19)30-24(26)27)31-22(28-18)23(33)32-25(15-34-2)12-6-3-7-13-25/h10-11,14,19-20H,3-9,12-13,15H2,1-2H3,(H,32,33)(H4,26,27,30)(H,28,29,31)/t19-,20+/m0/s1. The minimum absolute atomic E-state index is 0.0296. The fraction of sp³-hybridized carbons (Fsp3) is 0.600. The minimum atomic E-state index is -0.370. The molecule has 1 aromatic carbocycles. The van der Waals surface area contributed by atoms with Crippen LogP contribution in [0.15, 0.2) is 23.2 Å². The summed E-state index contributed by atoms with van der Waals surface area (Å²) in [6.45, 7) is 2.52. The van der Waals surface area contributed by atoms with Crippen LogP contribution in [-0.2, 0) is 4.74 Å². The van der Waals surface area contributed by atoms with E-state index >= 15 is 0 Å². The molecular weight excluding hydrogens is 430 g/mol. The number of fused-ring (bicyclic) bond motifs is 1. The molecule has 4 rings (SSSR count). The number of carbonyl (C=O) groups excluding carboxylic acids is 1. The number of benzene rings is 1. The molecule has 184 valence electrons. The van der Waals surface area contributed by atoms with Gasteiger partial charge in [0.2, 0.25) is 5.82 Å². The first-order valence-electron chi connectivity index (χ1n) is 12.3. The van der Waals surface area contributed by atoms with Crippen LogP contribution in [0.5, 0.6) is 0 Å². The number of aliphatic imine (C=N–C) groups is 1. The van der Waals surface area contributed by atoms with Crippen LogP contribution in [0.3, 0.4) is 0 Å². The van der Waals surface area contributed by atoms with Gasteiger partial charge in [-0.3, -0.25) is 4.79 Å². The Balaban J connectivity index is 1.67. The zero-order valence-corrected chi connectivity index (χ0v) is 20.3. The van der Waals surface area contributed by atoms with Gasteiger partial charge in [0.15, 0.2) is 5.96 Å². The van der Waals surface area contributed by atoms with Gasteiger partial charge in [-0.15, -0.1) is 0 Å². The Morgan fingerprint density at radius 3 is 2.65 bits per heavy atom. The van der Waals surface area contributed by atoms with Crippen LogP contribution >= 0.6 is 0 Å². The monoisotopic (exact) mass is 467 g/mol. The summed E-state index contributed by atoms with van der Waals surface area (Å²) in [6, 6.07) is 5.98. The quantitative estimate of drug-likeness (QED) is 0.362. The number of guanidine groups is 1. The minimum Gasteiger partial charge on any atom is -0.382 e. The number of carbonyl (C=O) groups is 1. The number of hydrogen-bond acceptors (Lipinski definition) is 6. The fourth-order valence-corrected chi connectivity index (χ4v) is 5.36. The van der Waals surface area contributed by atoms with Gasteiger partial charge in [-0.1, -0.05) is 43.7 Å². The first-order valence-corrected chi connectivity index (χ1v) is 12.3. The predicted molar refractivity (Wildman–Crippen MR) is 135 cm³/mol. The molecule has 2 fully saturated rings. The molecule has 2 aromatic rings. The van der Waals surface area contributed by atoms with Gasteiger partial charge < -0.3 is 26.8 Å². The molecular formula is C25H37N7O2. The summed E-state index contributed by atoms with van der Waals surface area (Å²) in [7, 11) is 1.68. The topological polar surface area (TPSA) is 141 Å². The maximum atomic E-state index is 13.4. The van der Waals surface area contributed by atoms with E-state index in [-0.39, 0.29) is 35.3 Å². The van der Waals surface area contributed by atoms with E-state index in [0.717, 1.165) is 67.8 Å².